The maximum atomic E-state index is 11.0. The smallest absolute Gasteiger partial charge is 0.195 e. The molecule has 1 spiro atoms. The summed E-state index contributed by atoms with van der Waals surface area (Å²) in [5.41, 5.74) is -1.14. The number of allylic oxidation sites excluding steroid dienone is 1. The number of ether oxygens (including phenoxy) is 2. The summed E-state index contributed by atoms with van der Waals surface area (Å²) in [6.07, 6.45) is 2.71. The molecule has 3 N–H and O–H groups in total. The van der Waals surface area contributed by atoms with Gasteiger partial charge in [-0.05, 0) is 19.8 Å². The Balaban J connectivity index is 1.90. The van der Waals surface area contributed by atoms with Gasteiger partial charge in [0.15, 0.2) is 5.79 Å². The topological polar surface area (TPSA) is 79.2 Å². The van der Waals surface area contributed by atoms with Crippen molar-refractivity contribution in [3.8, 4) is 0 Å². The molecule has 2 heterocycles. The summed E-state index contributed by atoms with van der Waals surface area (Å²) in [6, 6.07) is 0. The second kappa shape index (κ2) is 3.47. The predicted octanol–water partition coefficient (Wildman–Crippen LogP) is 0.332. The van der Waals surface area contributed by atoms with Crippen LogP contribution in [0.3, 0.4) is 0 Å². The number of rotatable bonds is 0. The zero-order valence-corrected chi connectivity index (χ0v) is 11.9. The average Bonchev–Trinajstić information content (AvgIpc) is 2.55. The van der Waals surface area contributed by atoms with Gasteiger partial charge in [-0.2, -0.15) is 0 Å². The van der Waals surface area contributed by atoms with Crippen molar-refractivity contribution in [3.05, 3.63) is 11.6 Å². The van der Waals surface area contributed by atoms with Crippen LogP contribution >= 0.6 is 0 Å². The molecule has 112 valence electrons. The Morgan fingerprint density at radius 2 is 2.05 bits per heavy atom. The fraction of sp³-hybridized carbons (Fsp3) is 0.867. The second-order valence-corrected chi connectivity index (χ2v) is 7.37. The minimum Gasteiger partial charge on any atom is -0.384 e. The molecule has 2 bridgehead atoms. The molecule has 5 nitrogen and oxygen atoms in total. The maximum Gasteiger partial charge on any atom is 0.195 e. The van der Waals surface area contributed by atoms with Gasteiger partial charge >= 0.3 is 0 Å². The van der Waals surface area contributed by atoms with Gasteiger partial charge in [-0.1, -0.05) is 18.6 Å². The summed E-state index contributed by atoms with van der Waals surface area (Å²) in [6.45, 7) is 4.41. The van der Waals surface area contributed by atoms with Crippen LogP contribution in [0.1, 0.15) is 33.1 Å². The molecule has 1 saturated carbocycles. The standard InChI is InChI=1S/C15H22O5/c1-9-3-4-13-7-20-15(18)6-12(13,2)14(17,11(15)16)8-19-10(13)5-9/h5,10-11,16-18H,3-4,6-8H2,1-2H3/t10-,11-,12+,13+,14-,15-/m0/s1. The Bertz CT molecular complexity index is 504. The third-order valence-corrected chi connectivity index (χ3v) is 6.55. The Morgan fingerprint density at radius 3 is 2.80 bits per heavy atom. The molecular formula is C15H22O5. The molecule has 2 saturated heterocycles. The van der Waals surface area contributed by atoms with Crippen molar-refractivity contribution in [1.82, 2.24) is 0 Å². The van der Waals surface area contributed by atoms with Crippen LogP contribution in [0.25, 0.3) is 0 Å². The highest BCUT2D eigenvalue weighted by Gasteiger charge is 2.80. The van der Waals surface area contributed by atoms with Crippen LogP contribution in [-0.2, 0) is 9.47 Å². The first kappa shape index (κ1) is 13.2. The predicted molar refractivity (Wildman–Crippen MR) is 69.7 cm³/mol. The number of aliphatic hydroxyl groups is 3. The van der Waals surface area contributed by atoms with E-state index in [0.29, 0.717) is 6.61 Å². The van der Waals surface area contributed by atoms with Crippen molar-refractivity contribution >= 4 is 0 Å². The molecule has 0 aromatic rings. The molecular weight excluding hydrogens is 260 g/mol. The highest BCUT2D eigenvalue weighted by molar-refractivity contribution is 5.30. The summed E-state index contributed by atoms with van der Waals surface area (Å²) in [4.78, 5) is 0. The van der Waals surface area contributed by atoms with Gasteiger partial charge < -0.3 is 24.8 Å². The van der Waals surface area contributed by atoms with Gasteiger partial charge in [0.1, 0.15) is 11.7 Å². The fourth-order valence-corrected chi connectivity index (χ4v) is 5.05. The summed E-state index contributed by atoms with van der Waals surface area (Å²) >= 11 is 0. The van der Waals surface area contributed by atoms with E-state index in [1.807, 2.05) is 6.92 Å². The molecule has 0 unspecified atom stereocenters. The lowest BCUT2D eigenvalue weighted by Gasteiger charge is -2.61. The van der Waals surface area contributed by atoms with E-state index in [0.717, 1.165) is 12.8 Å². The van der Waals surface area contributed by atoms with Crippen molar-refractivity contribution in [3.63, 3.8) is 0 Å². The van der Waals surface area contributed by atoms with E-state index in [1.165, 1.54) is 5.57 Å². The van der Waals surface area contributed by atoms with E-state index >= 15 is 0 Å². The first-order valence-corrected chi connectivity index (χ1v) is 7.33. The monoisotopic (exact) mass is 282 g/mol. The number of hydrogen-bond donors (Lipinski definition) is 3. The lowest BCUT2D eigenvalue weighted by atomic mass is 9.50. The van der Waals surface area contributed by atoms with E-state index in [9.17, 15) is 15.3 Å². The van der Waals surface area contributed by atoms with Crippen LogP contribution in [0, 0.1) is 10.8 Å². The molecule has 0 aromatic heterocycles. The molecule has 4 aliphatic rings. The van der Waals surface area contributed by atoms with Crippen molar-refractivity contribution in [2.75, 3.05) is 13.2 Å². The maximum absolute atomic E-state index is 11.0. The Morgan fingerprint density at radius 1 is 1.30 bits per heavy atom. The highest BCUT2D eigenvalue weighted by Crippen LogP contribution is 2.69. The number of aliphatic hydroxyl groups excluding tert-OH is 1. The summed E-state index contributed by atoms with van der Waals surface area (Å²) in [7, 11) is 0. The van der Waals surface area contributed by atoms with Crippen LogP contribution in [0.4, 0.5) is 0 Å². The molecule has 4 rings (SSSR count). The lowest BCUT2D eigenvalue weighted by molar-refractivity contribution is -0.303. The van der Waals surface area contributed by atoms with E-state index in [2.05, 4.69) is 13.0 Å². The molecule has 5 heteroatoms. The van der Waals surface area contributed by atoms with Crippen molar-refractivity contribution in [1.29, 1.82) is 0 Å². The molecule has 0 amide bonds. The molecule has 2 aliphatic heterocycles. The normalized spacial score (nSPS) is 61.0. The van der Waals surface area contributed by atoms with E-state index < -0.39 is 22.9 Å². The molecule has 0 aromatic carbocycles. The van der Waals surface area contributed by atoms with Gasteiger partial charge in [0, 0.05) is 17.3 Å². The third-order valence-electron chi connectivity index (χ3n) is 6.55. The fourth-order valence-electron chi connectivity index (χ4n) is 5.05. The van der Waals surface area contributed by atoms with Crippen molar-refractivity contribution < 1.29 is 24.8 Å². The quantitative estimate of drug-likeness (QED) is 0.558. The van der Waals surface area contributed by atoms with Crippen molar-refractivity contribution in [2.24, 2.45) is 10.8 Å². The van der Waals surface area contributed by atoms with Crippen LogP contribution < -0.4 is 0 Å². The van der Waals surface area contributed by atoms with Gasteiger partial charge in [0.05, 0.1) is 19.3 Å². The number of hydrogen-bond acceptors (Lipinski definition) is 5. The van der Waals surface area contributed by atoms with Crippen LogP contribution in [0.15, 0.2) is 11.6 Å². The second-order valence-electron chi connectivity index (χ2n) is 7.37. The molecule has 20 heavy (non-hydrogen) atoms. The molecule has 6 atom stereocenters. The SMILES string of the molecule is CC1=C[C@@H]2OC[C@]3(O)[C@H](O)[C@]4(O)C[C@]3(C)[C@]2(CC1)CO4. The largest absolute Gasteiger partial charge is 0.384 e. The minimum atomic E-state index is -1.65. The average molecular weight is 282 g/mol. The summed E-state index contributed by atoms with van der Waals surface area (Å²) < 4.78 is 11.5. The Kier molecular flexibility index (Phi) is 2.29. The van der Waals surface area contributed by atoms with E-state index in [4.69, 9.17) is 9.47 Å². The molecule has 3 fully saturated rings. The first-order chi connectivity index (χ1) is 9.28. The zero-order valence-electron chi connectivity index (χ0n) is 11.9. The summed E-state index contributed by atoms with van der Waals surface area (Å²) in [5.74, 6) is -1.65. The van der Waals surface area contributed by atoms with Gasteiger partial charge in [-0.3, -0.25) is 0 Å². The Hall–Kier alpha value is -0.460. The van der Waals surface area contributed by atoms with Gasteiger partial charge in [-0.25, -0.2) is 0 Å². The zero-order chi connectivity index (χ0) is 14.4. The van der Waals surface area contributed by atoms with Gasteiger partial charge in [-0.15, -0.1) is 0 Å². The lowest BCUT2D eigenvalue weighted by Crippen LogP contribution is -2.68. The van der Waals surface area contributed by atoms with Crippen LogP contribution in [0.2, 0.25) is 0 Å². The summed E-state index contributed by atoms with van der Waals surface area (Å²) in [5, 5.41) is 32.0. The Labute approximate surface area is 118 Å². The highest BCUT2D eigenvalue weighted by atomic mass is 16.6. The number of fused-ring (bicyclic) bond motifs is 1. The van der Waals surface area contributed by atoms with Crippen molar-refractivity contribution in [2.45, 2.75) is 56.7 Å². The van der Waals surface area contributed by atoms with E-state index in [-0.39, 0.29) is 24.5 Å². The van der Waals surface area contributed by atoms with E-state index in [1.54, 1.807) is 0 Å². The van der Waals surface area contributed by atoms with Crippen LogP contribution in [-0.4, -0.2) is 52.1 Å². The van der Waals surface area contributed by atoms with Crippen LogP contribution in [0.5, 0.6) is 0 Å². The molecule has 2 aliphatic carbocycles. The third kappa shape index (κ3) is 1.15. The first-order valence-electron chi connectivity index (χ1n) is 7.33. The minimum absolute atomic E-state index is 0.0343. The van der Waals surface area contributed by atoms with Gasteiger partial charge in [0.2, 0.25) is 0 Å². The molecule has 0 radical (unpaired) electrons. The van der Waals surface area contributed by atoms with Gasteiger partial charge in [0.25, 0.3) is 0 Å².